The highest BCUT2D eigenvalue weighted by atomic mass is 28.4. The fourth-order valence-corrected chi connectivity index (χ4v) is 30.8. The highest BCUT2D eigenvalue weighted by Gasteiger charge is 2.67. The van der Waals surface area contributed by atoms with E-state index in [1.807, 2.05) is 6.92 Å². The van der Waals surface area contributed by atoms with Gasteiger partial charge in [0.25, 0.3) is 17.4 Å². The Labute approximate surface area is 604 Å². The molecule has 12 rings (SSSR count). The van der Waals surface area contributed by atoms with Crippen LogP contribution in [0.25, 0.3) is 0 Å². The molecule has 0 saturated heterocycles. The number of aliphatic hydroxyl groups excluding tert-OH is 1. The van der Waals surface area contributed by atoms with Crippen LogP contribution < -0.4 is 0 Å². The number of aliphatic hydroxyl groups is 1. The zero-order valence-corrected chi connectivity index (χ0v) is 68.5. The number of ketones is 2. The highest BCUT2D eigenvalue weighted by molar-refractivity contribution is 6.70. The Morgan fingerprint density at radius 1 is 0.485 bits per heavy atom. The predicted octanol–water partition coefficient (Wildman–Crippen LogP) is 19.5. The van der Waals surface area contributed by atoms with Crippen molar-refractivity contribution in [2.24, 2.45) is 151 Å². The van der Waals surface area contributed by atoms with E-state index in [-0.39, 0.29) is 57.5 Å². The molecule has 15 heteroatoms. The Hall–Kier alpha value is -2.50. The zero-order valence-electron chi connectivity index (χ0n) is 65.5. The summed E-state index contributed by atoms with van der Waals surface area (Å²) in [6, 6.07) is 3.53. The molecule has 3 unspecified atom stereocenters. The molecule has 0 aliphatic heterocycles. The number of allylic oxidation sites excluding steroid dienone is 2. The molecule has 0 radical (unpaired) electrons. The molecule has 0 aromatic rings. The van der Waals surface area contributed by atoms with Crippen molar-refractivity contribution < 1.29 is 56.6 Å². The summed E-state index contributed by atoms with van der Waals surface area (Å²) in [5.74, 6) is 12.6. The van der Waals surface area contributed by atoms with Crippen molar-refractivity contribution in [1.82, 2.24) is 0 Å². The molecule has 0 bridgehead atoms. The van der Waals surface area contributed by atoms with Crippen molar-refractivity contribution in [3.05, 3.63) is 11.8 Å². The highest BCUT2D eigenvalue weighted by Crippen LogP contribution is 2.72. The first-order chi connectivity index (χ1) is 46.7. The Kier molecular flexibility index (Phi) is 25.2. The Morgan fingerprint density at radius 3 is 1.22 bits per heavy atom. The van der Waals surface area contributed by atoms with E-state index in [1.54, 1.807) is 0 Å². The van der Waals surface area contributed by atoms with Crippen LogP contribution in [0, 0.1) is 151 Å². The van der Waals surface area contributed by atoms with E-state index in [1.165, 1.54) is 130 Å². The van der Waals surface area contributed by atoms with E-state index >= 15 is 0 Å². The van der Waals surface area contributed by atoms with Gasteiger partial charge in [0.1, 0.15) is 11.6 Å². The van der Waals surface area contributed by atoms with Gasteiger partial charge in [0, 0.05) is 49.9 Å². The molecule has 11 saturated carbocycles. The van der Waals surface area contributed by atoms with Gasteiger partial charge >= 0.3 is 17.9 Å². The van der Waals surface area contributed by atoms with E-state index in [9.17, 15) is 38.0 Å². The maximum atomic E-state index is 13.7. The monoisotopic (exact) mass is 1420 g/mol. The van der Waals surface area contributed by atoms with Gasteiger partial charge in [-0.2, -0.15) is 0 Å². The first-order valence-electron chi connectivity index (χ1n) is 41.0. The molecule has 99 heavy (non-hydrogen) atoms. The molecule has 27 atom stereocenters. The van der Waals surface area contributed by atoms with Crippen molar-refractivity contribution in [2.75, 3.05) is 21.3 Å². The number of fused-ring (bicyclic) bond motifs is 15. The molecule has 12 aliphatic carbocycles. The first-order valence-corrected chi connectivity index (χ1v) is 48.1. The summed E-state index contributed by atoms with van der Waals surface area (Å²) in [6.07, 6.45) is 32.9. The average Bonchev–Trinajstić information content (AvgIpc) is 1.71. The van der Waals surface area contributed by atoms with Crippen molar-refractivity contribution >= 4 is 55.2 Å². The second-order valence-electron chi connectivity index (χ2n) is 38.7. The summed E-state index contributed by atoms with van der Waals surface area (Å²) < 4.78 is 46.4. The van der Waals surface area contributed by atoms with Crippen LogP contribution in [-0.4, -0.2) is 87.7 Å². The maximum absolute atomic E-state index is 13.7. The third kappa shape index (κ3) is 15.7. The number of Topliss-reactive ketones (excluding diaryl/α,β-unsaturated/α-hetero) is 2. The standard InChI is InChI=1S/C31H54O4Si2.C28H46O4Si.C25H40O4/c1-9-36(33)20-22-14-16-30(3)23(18-22)19-27(35-37(6,7)8)29-25-12-11-24(21(2)10-13-28(32)34-5)31(25,4)17-15-26(29)30;1-6-33(31)17-19-11-13-27(3)20(15-19)16-24(29)26-22-9-8-21(18(2)7-10-25(30)32-5)28(22,4)14-12-23(26)27;1-15(5-8-22(28)29-4)18-6-7-19-23-20(10-12-25(18,19)3)24(2)11-9-17(26)13-16(24)14-21(23)27/h19,21-26,29H,9-18,20H2,1-8H3;18-23,26H,6-17H2,1-5H3;15-20,23,26H,5-14H2,1-4H3/t21-,22+,23-,24?,25-,26-,29-,30-,31+;18-,19+,20-,21?,22-,23-,26-,27-,28+;15-,16-,17+,18?,19-,20-,23-,24-,25+/m000/s1. The van der Waals surface area contributed by atoms with Gasteiger partial charge in [-0.25, -0.2) is 0 Å². The minimum Gasteiger partial charge on any atom is -0.547 e. The van der Waals surface area contributed by atoms with Gasteiger partial charge in [0.05, 0.1) is 33.2 Å². The van der Waals surface area contributed by atoms with Crippen molar-refractivity contribution in [3.63, 3.8) is 0 Å². The summed E-state index contributed by atoms with van der Waals surface area (Å²) >= 11 is 0. The van der Waals surface area contributed by atoms with Gasteiger partial charge in [-0.05, 0) is 337 Å². The Balaban J connectivity index is 0.000000162. The first kappa shape index (κ1) is 79.1. The molecular formula is C84H140O12Si3. The van der Waals surface area contributed by atoms with Crippen molar-refractivity contribution in [3.8, 4) is 0 Å². The molecule has 1 N–H and O–H groups in total. The second-order valence-corrected chi connectivity index (χ2v) is 47.5. The molecule has 0 amide bonds. The SMILES string of the molecule is CC[Si](=O)C[C@@H]1CC[C@@]2(C)[C@H](C=C(O[Si](C)(C)C)[C@@H]3[C@@H]2CC[C@]2(C)C([C@@H](C)CCC(=O)OC)CC[C@@H]32)C1.CC[Si](=O)C[C@@H]1CC[C@@]2(C)[C@H](CC(=O)[C@@H]3[C@@H]2CC[C@]2(C)C([C@@H](C)CCC(=O)OC)CC[C@@H]32)C1.COC(=O)CC[C@H](C)C1CC[C@H]2[C@@H]3C(=O)C[C@@H]4C[C@H](O)CC[C@]4(C)[C@H]3CC[C@]12C. The van der Waals surface area contributed by atoms with Gasteiger partial charge in [0.2, 0.25) is 8.32 Å². The van der Waals surface area contributed by atoms with Crippen LogP contribution in [0.5, 0.6) is 0 Å². The average molecular weight is 1430 g/mol. The largest absolute Gasteiger partial charge is 0.547 e. The number of carbonyl (C=O) groups is 5. The molecule has 0 aromatic heterocycles. The number of esters is 3. The lowest BCUT2D eigenvalue weighted by Gasteiger charge is -2.60. The number of methoxy groups -OCH3 is 3. The molecule has 0 heterocycles. The van der Waals surface area contributed by atoms with Crippen LogP contribution in [0.3, 0.4) is 0 Å². The van der Waals surface area contributed by atoms with Crippen LogP contribution in [0.4, 0.5) is 0 Å². The summed E-state index contributed by atoms with van der Waals surface area (Å²) in [5.41, 5.74) is 1.63. The molecule has 560 valence electrons. The molecular weight excluding hydrogens is 1290 g/mol. The van der Waals surface area contributed by atoms with E-state index < -0.39 is 25.7 Å². The topological polar surface area (TPSA) is 177 Å². The lowest BCUT2D eigenvalue weighted by atomic mass is 9.43. The number of ether oxygens (including phenoxy) is 3. The molecule has 11 fully saturated rings. The van der Waals surface area contributed by atoms with E-state index in [2.05, 4.69) is 95.0 Å². The lowest BCUT2D eigenvalue weighted by Crippen LogP contribution is -2.57. The van der Waals surface area contributed by atoms with Crippen molar-refractivity contribution in [2.45, 2.75) is 312 Å². The van der Waals surface area contributed by atoms with Gasteiger partial charge in [-0.15, -0.1) is 0 Å². The molecule has 0 aromatic carbocycles. The number of rotatable bonds is 20. The number of hydrogen-bond donors (Lipinski definition) is 1. The molecule has 12 nitrogen and oxygen atoms in total. The van der Waals surface area contributed by atoms with Gasteiger partial charge in [-0.3, -0.25) is 24.0 Å². The quantitative estimate of drug-likeness (QED) is 0.0694. The summed E-state index contributed by atoms with van der Waals surface area (Å²) in [5, 5.41) is 10.2. The normalized spacial score (nSPS) is 43.4. The van der Waals surface area contributed by atoms with Gasteiger partial charge in [-0.1, -0.05) is 76.2 Å². The Bertz CT molecular complexity index is 2940. The minimum absolute atomic E-state index is 0.0740. The van der Waals surface area contributed by atoms with Crippen LogP contribution in [0.2, 0.25) is 43.8 Å². The Morgan fingerprint density at radius 2 is 0.828 bits per heavy atom. The smallest absolute Gasteiger partial charge is 0.305 e. The fraction of sp³-hybridized carbons (Fsp3) is 0.917. The van der Waals surface area contributed by atoms with Gasteiger partial charge in [0.15, 0.2) is 0 Å². The maximum Gasteiger partial charge on any atom is 0.305 e. The van der Waals surface area contributed by atoms with Crippen LogP contribution in [-0.2, 0) is 51.5 Å². The lowest BCUT2D eigenvalue weighted by molar-refractivity contribution is -0.161. The second kappa shape index (κ2) is 31.5. The zero-order chi connectivity index (χ0) is 72.1. The number of carbonyl (C=O) groups excluding carboxylic acids is 5. The summed E-state index contributed by atoms with van der Waals surface area (Å²) in [4.78, 5) is 62.3. The minimum atomic E-state index is -1.75. The van der Waals surface area contributed by atoms with Crippen LogP contribution in [0.15, 0.2) is 11.8 Å². The third-order valence-corrected chi connectivity index (χ3v) is 37.5. The van der Waals surface area contributed by atoms with Crippen LogP contribution >= 0.6 is 0 Å². The fourth-order valence-electron chi connectivity index (χ4n) is 27.3. The van der Waals surface area contributed by atoms with E-state index in [0.717, 1.165) is 82.0 Å². The third-order valence-electron chi connectivity index (χ3n) is 33.0. The molecule has 0 spiro atoms. The molecule has 12 aliphatic rings. The van der Waals surface area contributed by atoms with Gasteiger partial charge < -0.3 is 32.7 Å². The van der Waals surface area contributed by atoms with Crippen LogP contribution in [0.1, 0.15) is 262 Å². The number of hydrogen-bond acceptors (Lipinski definition) is 12. The summed E-state index contributed by atoms with van der Waals surface area (Å²) in [7, 11) is -0.159. The van der Waals surface area contributed by atoms with E-state index in [4.69, 9.17) is 18.6 Å². The summed E-state index contributed by atoms with van der Waals surface area (Å²) in [6.45, 7) is 33.2. The van der Waals surface area contributed by atoms with Crippen molar-refractivity contribution in [1.29, 1.82) is 0 Å². The predicted molar refractivity (Wildman–Crippen MR) is 397 cm³/mol. The van der Waals surface area contributed by atoms with E-state index in [0.29, 0.717) is 155 Å².